The van der Waals surface area contributed by atoms with E-state index in [1.807, 2.05) is 47.9 Å². The summed E-state index contributed by atoms with van der Waals surface area (Å²) in [5.41, 5.74) is 1.16. The second-order valence-corrected chi connectivity index (χ2v) is 5.85. The number of rotatable bonds is 7. The molecular weight excluding hydrogens is 292 g/mol. The van der Waals surface area contributed by atoms with E-state index in [4.69, 9.17) is 4.74 Å². The Morgan fingerprint density at radius 1 is 1.26 bits per heavy atom. The Morgan fingerprint density at radius 3 is 2.48 bits per heavy atom. The van der Waals surface area contributed by atoms with Crippen LogP contribution in [0.4, 0.5) is 0 Å². The smallest absolute Gasteiger partial charge is 0.227 e. The van der Waals surface area contributed by atoms with Crippen molar-refractivity contribution in [3.8, 4) is 5.75 Å². The number of likely N-dealkylation sites (tertiary alicyclic amines) is 1. The van der Waals surface area contributed by atoms with E-state index in [0.29, 0.717) is 32.6 Å². The van der Waals surface area contributed by atoms with Gasteiger partial charge in [0.15, 0.2) is 0 Å². The lowest BCUT2D eigenvalue weighted by Gasteiger charge is -2.22. The van der Waals surface area contributed by atoms with Crippen molar-refractivity contribution >= 4 is 11.8 Å². The number of amides is 2. The van der Waals surface area contributed by atoms with Gasteiger partial charge in [0.2, 0.25) is 11.8 Å². The standard InChI is InChI=1S/C18H26N2O3/c1-4-19(5-2)18(22)15-12-17(21)20(13-15)11-10-14-6-8-16(23-3)9-7-14/h6-9,15H,4-5,10-13H2,1-3H3. The van der Waals surface area contributed by atoms with Crippen molar-refractivity contribution in [1.29, 1.82) is 0 Å². The first kappa shape index (κ1) is 17.3. The highest BCUT2D eigenvalue weighted by Crippen LogP contribution is 2.21. The van der Waals surface area contributed by atoms with Crippen LogP contribution in [0.25, 0.3) is 0 Å². The van der Waals surface area contributed by atoms with Gasteiger partial charge in [-0.05, 0) is 38.0 Å². The van der Waals surface area contributed by atoms with Crippen LogP contribution in [0.1, 0.15) is 25.8 Å². The van der Waals surface area contributed by atoms with Crippen molar-refractivity contribution in [3.63, 3.8) is 0 Å². The summed E-state index contributed by atoms with van der Waals surface area (Å²) in [4.78, 5) is 28.1. The first-order valence-electron chi connectivity index (χ1n) is 8.28. The highest BCUT2D eigenvalue weighted by atomic mass is 16.5. The van der Waals surface area contributed by atoms with Crippen LogP contribution >= 0.6 is 0 Å². The Bertz CT molecular complexity index is 538. The van der Waals surface area contributed by atoms with Crippen LogP contribution in [0.15, 0.2) is 24.3 Å². The third-order valence-electron chi connectivity index (χ3n) is 4.47. The summed E-state index contributed by atoms with van der Waals surface area (Å²) >= 11 is 0. The molecule has 0 aromatic heterocycles. The average molecular weight is 318 g/mol. The Morgan fingerprint density at radius 2 is 1.91 bits per heavy atom. The molecule has 0 bridgehead atoms. The van der Waals surface area contributed by atoms with Crippen LogP contribution < -0.4 is 4.74 Å². The number of ether oxygens (including phenoxy) is 1. The van der Waals surface area contributed by atoms with Crippen LogP contribution in [0.2, 0.25) is 0 Å². The fraction of sp³-hybridized carbons (Fsp3) is 0.556. The molecule has 0 saturated carbocycles. The summed E-state index contributed by atoms with van der Waals surface area (Å²) in [6.07, 6.45) is 1.14. The molecule has 2 rings (SSSR count). The molecule has 2 amide bonds. The first-order chi connectivity index (χ1) is 11.1. The van der Waals surface area contributed by atoms with Gasteiger partial charge in [0, 0.05) is 32.6 Å². The summed E-state index contributed by atoms with van der Waals surface area (Å²) < 4.78 is 5.14. The molecule has 1 aliphatic heterocycles. The van der Waals surface area contributed by atoms with E-state index in [0.717, 1.165) is 17.7 Å². The van der Waals surface area contributed by atoms with E-state index in [9.17, 15) is 9.59 Å². The maximum atomic E-state index is 12.4. The van der Waals surface area contributed by atoms with Crippen LogP contribution in [0.5, 0.6) is 5.75 Å². The molecule has 0 radical (unpaired) electrons. The Kier molecular flexibility index (Phi) is 6.02. The molecule has 0 aliphatic carbocycles. The van der Waals surface area contributed by atoms with E-state index in [2.05, 4.69) is 0 Å². The maximum absolute atomic E-state index is 12.4. The summed E-state index contributed by atoms with van der Waals surface area (Å²) in [5, 5.41) is 0. The van der Waals surface area contributed by atoms with Crippen LogP contribution in [-0.4, -0.2) is 54.9 Å². The monoisotopic (exact) mass is 318 g/mol. The predicted molar refractivity (Wildman–Crippen MR) is 89.3 cm³/mol. The van der Waals surface area contributed by atoms with Crippen molar-refractivity contribution in [2.45, 2.75) is 26.7 Å². The summed E-state index contributed by atoms with van der Waals surface area (Å²) in [6, 6.07) is 7.87. The highest BCUT2D eigenvalue weighted by Gasteiger charge is 2.35. The molecule has 1 aliphatic rings. The average Bonchev–Trinajstić information content (AvgIpc) is 2.95. The van der Waals surface area contributed by atoms with Gasteiger partial charge >= 0.3 is 0 Å². The number of hydrogen-bond donors (Lipinski definition) is 0. The summed E-state index contributed by atoms with van der Waals surface area (Å²) in [6.45, 7) is 6.55. The minimum absolute atomic E-state index is 0.0871. The zero-order valence-corrected chi connectivity index (χ0v) is 14.2. The van der Waals surface area contributed by atoms with Crippen molar-refractivity contribution in [2.75, 3.05) is 33.3 Å². The molecule has 1 unspecified atom stereocenters. The number of carbonyl (C=O) groups is 2. The molecule has 126 valence electrons. The molecule has 5 heteroatoms. The third kappa shape index (κ3) is 4.24. The molecule has 1 fully saturated rings. The van der Waals surface area contributed by atoms with Gasteiger partial charge in [-0.1, -0.05) is 12.1 Å². The zero-order valence-electron chi connectivity index (χ0n) is 14.2. The third-order valence-corrected chi connectivity index (χ3v) is 4.47. The fourth-order valence-corrected chi connectivity index (χ4v) is 3.00. The number of methoxy groups -OCH3 is 1. The van der Waals surface area contributed by atoms with Crippen molar-refractivity contribution < 1.29 is 14.3 Å². The topological polar surface area (TPSA) is 49.9 Å². The molecule has 1 aromatic carbocycles. The SMILES string of the molecule is CCN(CC)C(=O)C1CC(=O)N(CCc2ccc(OC)cc2)C1. The molecule has 0 spiro atoms. The molecule has 1 saturated heterocycles. The van der Waals surface area contributed by atoms with E-state index < -0.39 is 0 Å². The second kappa shape index (κ2) is 7.99. The number of hydrogen-bond acceptors (Lipinski definition) is 3. The van der Waals surface area contributed by atoms with Crippen LogP contribution in [0.3, 0.4) is 0 Å². The molecule has 23 heavy (non-hydrogen) atoms. The molecule has 1 atom stereocenters. The lowest BCUT2D eigenvalue weighted by Crippen LogP contribution is -2.37. The fourth-order valence-electron chi connectivity index (χ4n) is 3.00. The van der Waals surface area contributed by atoms with Gasteiger partial charge in [0.05, 0.1) is 13.0 Å². The minimum atomic E-state index is -0.182. The maximum Gasteiger partial charge on any atom is 0.227 e. The van der Waals surface area contributed by atoms with Gasteiger partial charge in [-0.3, -0.25) is 9.59 Å². The molecule has 1 heterocycles. The zero-order chi connectivity index (χ0) is 16.8. The van der Waals surface area contributed by atoms with Gasteiger partial charge in [0.1, 0.15) is 5.75 Å². The molecule has 1 aromatic rings. The van der Waals surface area contributed by atoms with Crippen molar-refractivity contribution in [1.82, 2.24) is 9.80 Å². The van der Waals surface area contributed by atoms with E-state index in [1.54, 1.807) is 7.11 Å². The highest BCUT2D eigenvalue weighted by molar-refractivity contribution is 5.89. The molecule has 5 nitrogen and oxygen atoms in total. The van der Waals surface area contributed by atoms with Gasteiger partial charge in [-0.15, -0.1) is 0 Å². The Labute approximate surface area is 138 Å². The van der Waals surface area contributed by atoms with Crippen molar-refractivity contribution in [3.05, 3.63) is 29.8 Å². The molecular formula is C18H26N2O3. The number of nitrogens with zero attached hydrogens (tertiary/aromatic N) is 2. The van der Waals surface area contributed by atoms with E-state index in [1.165, 1.54) is 0 Å². The Balaban J connectivity index is 1.88. The van der Waals surface area contributed by atoms with Crippen molar-refractivity contribution in [2.24, 2.45) is 5.92 Å². The number of benzene rings is 1. The molecule has 0 N–H and O–H groups in total. The van der Waals surface area contributed by atoms with Crippen LogP contribution in [0, 0.1) is 5.92 Å². The van der Waals surface area contributed by atoms with Gasteiger partial charge in [-0.2, -0.15) is 0 Å². The lowest BCUT2D eigenvalue weighted by atomic mass is 10.1. The van der Waals surface area contributed by atoms with E-state index in [-0.39, 0.29) is 17.7 Å². The van der Waals surface area contributed by atoms with E-state index >= 15 is 0 Å². The largest absolute Gasteiger partial charge is 0.497 e. The van der Waals surface area contributed by atoms with Crippen LogP contribution in [-0.2, 0) is 16.0 Å². The normalized spacial score (nSPS) is 17.4. The predicted octanol–water partition coefficient (Wildman–Crippen LogP) is 1.95. The minimum Gasteiger partial charge on any atom is -0.497 e. The summed E-state index contributed by atoms with van der Waals surface area (Å²) in [5.74, 6) is 0.841. The first-order valence-corrected chi connectivity index (χ1v) is 8.28. The van der Waals surface area contributed by atoms with Gasteiger partial charge in [0.25, 0.3) is 0 Å². The quantitative estimate of drug-likeness (QED) is 0.772. The Hall–Kier alpha value is -2.04. The lowest BCUT2D eigenvalue weighted by molar-refractivity contribution is -0.135. The number of carbonyl (C=O) groups excluding carboxylic acids is 2. The second-order valence-electron chi connectivity index (χ2n) is 5.85. The van der Waals surface area contributed by atoms with Gasteiger partial charge < -0.3 is 14.5 Å². The summed E-state index contributed by atoms with van der Waals surface area (Å²) in [7, 11) is 1.64. The van der Waals surface area contributed by atoms with Gasteiger partial charge in [-0.25, -0.2) is 0 Å².